The second-order valence-corrected chi connectivity index (χ2v) is 8.96. The Morgan fingerprint density at radius 3 is 2.83 bits per heavy atom. The molecule has 0 spiro atoms. The lowest BCUT2D eigenvalue weighted by atomic mass is 9.98. The molecule has 29 heavy (non-hydrogen) atoms. The van der Waals surface area contributed by atoms with Gasteiger partial charge in [-0.2, -0.15) is 0 Å². The molecular formula is C23H22ClNO3S. The Morgan fingerprint density at radius 2 is 2.07 bits per heavy atom. The predicted molar refractivity (Wildman–Crippen MR) is 116 cm³/mol. The van der Waals surface area contributed by atoms with Crippen molar-refractivity contribution in [3.8, 4) is 16.3 Å². The van der Waals surface area contributed by atoms with Crippen LogP contribution in [-0.4, -0.2) is 22.7 Å². The van der Waals surface area contributed by atoms with E-state index in [2.05, 4.69) is 13.0 Å². The fraction of sp³-hybridized carbons (Fsp3) is 0.304. The van der Waals surface area contributed by atoms with Crippen LogP contribution in [0, 0.1) is 6.92 Å². The van der Waals surface area contributed by atoms with Crippen LogP contribution in [0.15, 0.2) is 42.5 Å². The minimum Gasteiger partial charge on any atom is -0.493 e. The van der Waals surface area contributed by atoms with Gasteiger partial charge in [0.25, 0.3) is 0 Å². The highest BCUT2D eigenvalue weighted by Gasteiger charge is 2.24. The topological polar surface area (TPSA) is 59.4 Å². The summed E-state index contributed by atoms with van der Waals surface area (Å²) in [6.45, 7) is 2.65. The summed E-state index contributed by atoms with van der Waals surface area (Å²) in [6.07, 6.45) is 2.76. The second kappa shape index (κ2) is 8.56. The number of carboxylic acids is 1. The maximum Gasteiger partial charge on any atom is 0.303 e. The van der Waals surface area contributed by atoms with Crippen LogP contribution in [0.2, 0.25) is 5.02 Å². The number of hydrogen-bond donors (Lipinski definition) is 1. The Hall–Kier alpha value is -2.37. The smallest absolute Gasteiger partial charge is 0.303 e. The summed E-state index contributed by atoms with van der Waals surface area (Å²) in [7, 11) is 0. The van der Waals surface area contributed by atoms with Gasteiger partial charge in [-0.25, -0.2) is 4.98 Å². The molecule has 150 valence electrons. The number of aryl methyl sites for hydroxylation is 2. The van der Waals surface area contributed by atoms with Crippen LogP contribution >= 0.6 is 22.9 Å². The zero-order valence-corrected chi connectivity index (χ0v) is 17.7. The summed E-state index contributed by atoms with van der Waals surface area (Å²) >= 11 is 7.65. The second-order valence-electron chi connectivity index (χ2n) is 7.32. The molecular weight excluding hydrogens is 406 g/mol. The van der Waals surface area contributed by atoms with Crippen LogP contribution in [0.5, 0.6) is 5.75 Å². The Kier molecular flexibility index (Phi) is 5.88. The van der Waals surface area contributed by atoms with Crippen LogP contribution in [0.1, 0.15) is 40.5 Å². The van der Waals surface area contributed by atoms with Crippen molar-refractivity contribution in [3.63, 3.8) is 0 Å². The minimum absolute atomic E-state index is 0.125. The summed E-state index contributed by atoms with van der Waals surface area (Å²) < 4.78 is 5.97. The molecule has 0 radical (unpaired) electrons. The van der Waals surface area contributed by atoms with E-state index in [1.165, 1.54) is 10.4 Å². The third-order valence-corrected chi connectivity index (χ3v) is 6.64. The number of nitrogens with zero attached hydrogens (tertiary/aromatic N) is 1. The number of hydrogen-bond acceptors (Lipinski definition) is 4. The van der Waals surface area contributed by atoms with E-state index in [1.54, 1.807) is 11.3 Å². The molecule has 1 aliphatic rings. The van der Waals surface area contributed by atoms with Crippen LogP contribution in [0.4, 0.5) is 0 Å². The van der Waals surface area contributed by atoms with Crippen molar-refractivity contribution in [2.75, 3.05) is 6.61 Å². The van der Waals surface area contributed by atoms with E-state index in [0.717, 1.165) is 51.9 Å². The van der Waals surface area contributed by atoms with Crippen LogP contribution in [0.25, 0.3) is 10.6 Å². The number of fused-ring (bicyclic) bond motifs is 1. The molecule has 1 aliphatic carbocycles. The van der Waals surface area contributed by atoms with E-state index in [-0.39, 0.29) is 12.3 Å². The molecule has 4 rings (SSSR count). The maximum atomic E-state index is 11.0. The average molecular weight is 428 g/mol. The molecule has 0 bridgehead atoms. The number of thiazole rings is 1. The normalized spacial score (nSPS) is 15.3. The quantitative estimate of drug-likeness (QED) is 0.510. The van der Waals surface area contributed by atoms with Gasteiger partial charge < -0.3 is 9.84 Å². The number of ether oxygens (including phenoxy) is 1. The Morgan fingerprint density at radius 1 is 1.28 bits per heavy atom. The van der Waals surface area contributed by atoms with Gasteiger partial charge in [0.2, 0.25) is 0 Å². The summed E-state index contributed by atoms with van der Waals surface area (Å²) in [5.74, 6) is 0.228. The van der Waals surface area contributed by atoms with Crippen molar-refractivity contribution < 1.29 is 14.6 Å². The first kappa shape index (κ1) is 19.9. The monoisotopic (exact) mass is 427 g/mol. The maximum absolute atomic E-state index is 11.0. The number of carbonyl (C=O) groups is 1. The van der Waals surface area contributed by atoms with Gasteiger partial charge in [-0.05, 0) is 61.1 Å². The molecule has 0 saturated heterocycles. The Bertz CT molecular complexity index is 1030. The predicted octanol–water partition coefficient (Wildman–Crippen LogP) is 5.90. The number of aliphatic carboxylic acids is 1. The summed E-state index contributed by atoms with van der Waals surface area (Å²) in [6, 6.07) is 13.8. The first-order valence-corrected chi connectivity index (χ1v) is 10.9. The average Bonchev–Trinajstić information content (AvgIpc) is 3.25. The molecule has 3 aromatic rings. The fourth-order valence-corrected chi connectivity index (χ4v) is 4.93. The van der Waals surface area contributed by atoms with Gasteiger partial charge in [-0.15, -0.1) is 11.3 Å². The lowest BCUT2D eigenvalue weighted by Gasteiger charge is -2.10. The molecule has 0 amide bonds. The van der Waals surface area contributed by atoms with Gasteiger partial charge >= 0.3 is 5.97 Å². The number of benzene rings is 2. The highest BCUT2D eigenvalue weighted by Crippen LogP contribution is 2.37. The minimum atomic E-state index is -0.736. The molecule has 1 N–H and O–H groups in total. The SMILES string of the molecule is Cc1sc(-c2ccc(Cl)cc2)nc1CCOc1ccc2c(c1)CC[C@H]2CC(=O)O. The largest absolute Gasteiger partial charge is 0.493 e. The molecule has 1 aromatic heterocycles. The van der Waals surface area contributed by atoms with E-state index in [9.17, 15) is 4.79 Å². The first-order chi connectivity index (χ1) is 14.0. The lowest BCUT2D eigenvalue weighted by molar-refractivity contribution is -0.137. The fourth-order valence-electron chi connectivity index (χ4n) is 3.84. The summed E-state index contributed by atoms with van der Waals surface area (Å²) in [4.78, 5) is 17.0. The number of aromatic nitrogens is 1. The third kappa shape index (κ3) is 4.62. The van der Waals surface area contributed by atoms with Crippen molar-refractivity contribution in [2.45, 2.75) is 38.5 Å². The highest BCUT2D eigenvalue weighted by molar-refractivity contribution is 7.15. The van der Waals surface area contributed by atoms with Gasteiger partial charge in [0.15, 0.2) is 0 Å². The molecule has 6 heteroatoms. The molecule has 4 nitrogen and oxygen atoms in total. The molecule has 1 heterocycles. The zero-order chi connectivity index (χ0) is 20.4. The van der Waals surface area contributed by atoms with Gasteiger partial charge in [0.05, 0.1) is 18.7 Å². The Labute approximate surface area is 179 Å². The molecule has 0 aliphatic heterocycles. The Balaban J connectivity index is 1.37. The molecule has 0 fully saturated rings. The van der Waals surface area contributed by atoms with Crippen molar-refractivity contribution in [2.24, 2.45) is 0 Å². The van der Waals surface area contributed by atoms with Crippen molar-refractivity contribution in [1.82, 2.24) is 4.98 Å². The molecule has 2 aromatic carbocycles. The van der Waals surface area contributed by atoms with E-state index >= 15 is 0 Å². The summed E-state index contributed by atoms with van der Waals surface area (Å²) in [5, 5.41) is 10.8. The number of halogens is 1. The van der Waals surface area contributed by atoms with E-state index in [4.69, 9.17) is 26.4 Å². The van der Waals surface area contributed by atoms with Gasteiger partial charge in [-0.1, -0.05) is 29.8 Å². The van der Waals surface area contributed by atoms with Crippen molar-refractivity contribution in [1.29, 1.82) is 0 Å². The van der Waals surface area contributed by atoms with Crippen LogP contribution in [-0.2, 0) is 17.6 Å². The number of carboxylic acid groups (broad SMARTS) is 1. The van der Waals surface area contributed by atoms with Gasteiger partial charge in [0, 0.05) is 21.9 Å². The van der Waals surface area contributed by atoms with Crippen molar-refractivity contribution in [3.05, 3.63) is 69.2 Å². The van der Waals surface area contributed by atoms with Crippen molar-refractivity contribution >= 4 is 28.9 Å². The standard InChI is InChI=1S/C23H22ClNO3S/c1-14-21(25-23(29-14)15-4-6-18(24)7-5-15)10-11-28-19-8-9-20-16(12-19)2-3-17(20)13-22(26)27/h4-9,12,17H,2-3,10-11,13H2,1H3,(H,26,27)/t17-/m0/s1. The van der Waals surface area contributed by atoms with E-state index in [0.29, 0.717) is 6.61 Å². The summed E-state index contributed by atoms with van der Waals surface area (Å²) in [5.41, 5.74) is 4.50. The van der Waals surface area contributed by atoms with E-state index < -0.39 is 5.97 Å². The van der Waals surface area contributed by atoms with Crippen LogP contribution in [0.3, 0.4) is 0 Å². The highest BCUT2D eigenvalue weighted by atomic mass is 35.5. The molecule has 0 saturated carbocycles. The van der Waals surface area contributed by atoms with Crippen LogP contribution < -0.4 is 4.74 Å². The lowest BCUT2D eigenvalue weighted by Crippen LogP contribution is -2.04. The van der Waals surface area contributed by atoms with Gasteiger partial charge in [0.1, 0.15) is 10.8 Å². The zero-order valence-electron chi connectivity index (χ0n) is 16.2. The van der Waals surface area contributed by atoms with E-state index in [1.807, 2.05) is 36.4 Å². The first-order valence-electron chi connectivity index (χ1n) is 9.69. The molecule has 0 unspecified atom stereocenters. The molecule has 1 atom stereocenters. The third-order valence-electron chi connectivity index (χ3n) is 5.33. The number of rotatable bonds is 7. The van der Waals surface area contributed by atoms with Gasteiger partial charge in [-0.3, -0.25) is 4.79 Å².